The number of hydrogen-bond donors (Lipinski definition) is 1. The Kier molecular flexibility index (Phi) is 0.959. The lowest BCUT2D eigenvalue weighted by Gasteiger charge is -2.59. The number of nitrogens with two attached hydrogens (primary N) is 1. The molecule has 4 saturated carbocycles. The van der Waals surface area contributed by atoms with Gasteiger partial charge in [-0.1, -0.05) is 13.8 Å². The van der Waals surface area contributed by atoms with Gasteiger partial charge in [-0.2, -0.15) is 0 Å². The summed E-state index contributed by atoms with van der Waals surface area (Å²) in [7, 11) is 0. The van der Waals surface area contributed by atoms with E-state index < -0.39 is 0 Å². The van der Waals surface area contributed by atoms with Gasteiger partial charge in [0, 0.05) is 6.04 Å². The maximum absolute atomic E-state index is 6.17. The monoisotopic (exact) mass is 177 g/mol. The Morgan fingerprint density at radius 2 is 1.92 bits per heavy atom. The predicted molar refractivity (Wildman–Crippen MR) is 51.9 cm³/mol. The molecule has 0 amide bonds. The normalized spacial score (nSPS) is 77.3. The minimum absolute atomic E-state index is 0.575. The van der Waals surface area contributed by atoms with Gasteiger partial charge < -0.3 is 5.73 Å². The van der Waals surface area contributed by atoms with Crippen LogP contribution in [0.25, 0.3) is 0 Å². The molecule has 2 N–H and O–H groups in total. The molecule has 0 aromatic rings. The minimum atomic E-state index is 0.575. The van der Waals surface area contributed by atoms with E-state index in [1.54, 1.807) is 0 Å². The minimum Gasteiger partial charge on any atom is -0.327 e. The largest absolute Gasteiger partial charge is 0.327 e. The Balaban J connectivity index is 1.77. The highest BCUT2D eigenvalue weighted by Crippen LogP contribution is 2.81. The highest BCUT2D eigenvalue weighted by atomic mass is 14.9. The molecular weight excluding hydrogens is 158 g/mol. The summed E-state index contributed by atoms with van der Waals surface area (Å²) < 4.78 is 0. The lowest BCUT2D eigenvalue weighted by atomic mass is 9.46. The van der Waals surface area contributed by atoms with Gasteiger partial charge in [-0.25, -0.2) is 0 Å². The van der Waals surface area contributed by atoms with E-state index in [9.17, 15) is 0 Å². The van der Waals surface area contributed by atoms with E-state index in [1.807, 2.05) is 0 Å². The van der Waals surface area contributed by atoms with Crippen LogP contribution in [0.4, 0.5) is 0 Å². The van der Waals surface area contributed by atoms with E-state index in [4.69, 9.17) is 5.73 Å². The van der Waals surface area contributed by atoms with Crippen molar-refractivity contribution in [3.8, 4) is 0 Å². The molecule has 0 aromatic heterocycles. The van der Waals surface area contributed by atoms with Gasteiger partial charge in [0.2, 0.25) is 0 Å². The first kappa shape index (κ1) is 7.28. The SMILES string of the molecule is CC1C2CC3C2C1C(C)C31CC1N. The van der Waals surface area contributed by atoms with Gasteiger partial charge in [-0.15, -0.1) is 0 Å². The first-order valence-corrected chi connectivity index (χ1v) is 5.93. The van der Waals surface area contributed by atoms with Crippen molar-refractivity contribution in [3.63, 3.8) is 0 Å². The van der Waals surface area contributed by atoms with E-state index in [-0.39, 0.29) is 0 Å². The van der Waals surface area contributed by atoms with Crippen LogP contribution in [0.2, 0.25) is 0 Å². The Morgan fingerprint density at radius 3 is 2.46 bits per heavy atom. The average Bonchev–Trinajstić information content (AvgIpc) is 2.68. The molecule has 1 spiro atoms. The van der Waals surface area contributed by atoms with Crippen LogP contribution in [0.5, 0.6) is 0 Å². The second kappa shape index (κ2) is 1.71. The molecule has 0 aromatic carbocycles. The van der Waals surface area contributed by atoms with Crippen molar-refractivity contribution < 1.29 is 0 Å². The lowest BCUT2D eigenvalue weighted by molar-refractivity contribution is -0.113. The van der Waals surface area contributed by atoms with Gasteiger partial charge in [0.05, 0.1) is 0 Å². The van der Waals surface area contributed by atoms with Crippen LogP contribution < -0.4 is 5.73 Å². The van der Waals surface area contributed by atoms with E-state index in [1.165, 1.54) is 12.8 Å². The van der Waals surface area contributed by atoms with Gasteiger partial charge in [0.25, 0.3) is 0 Å². The van der Waals surface area contributed by atoms with Gasteiger partial charge in [0.15, 0.2) is 0 Å². The van der Waals surface area contributed by atoms with Gasteiger partial charge >= 0.3 is 0 Å². The molecule has 1 nitrogen and oxygen atoms in total. The fraction of sp³-hybridized carbons (Fsp3) is 1.00. The second-order valence-corrected chi connectivity index (χ2v) is 6.23. The van der Waals surface area contributed by atoms with E-state index in [0.29, 0.717) is 11.5 Å². The third-order valence-electron chi connectivity index (χ3n) is 6.43. The smallest absolute Gasteiger partial charge is 0.0108 e. The number of hydrogen-bond acceptors (Lipinski definition) is 1. The van der Waals surface area contributed by atoms with Crippen molar-refractivity contribution >= 4 is 0 Å². The summed E-state index contributed by atoms with van der Waals surface area (Å²) >= 11 is 0. The van der Waals surface area contributed by atoms with Gasteiger partial charge in [-0.05, 0) is 53.8 Å². The van der Waals surface area contributed by atoms with Crippen LogP contribution >= 0.6 is 0 Å². The summed E-state index contributed by atoms with van der Waals surface area (Å²) in [5.74, 6) is 6.35. The van der Waals surface area contributed by atoms with Crippen LogP contribution in [-0.4, -0.2) is 6.04 Å². The summed E-state index contributed by atoms with van der Waals surface area (Å²) in [6.07, 6.45) is 2.88. The molecular formula is C12H19N. The van der Waals surface area contributed by atoms with Crippen LogP contribution in [0.15, 0.2) is 0 Å². The molecule has 0 saturated heterocycles. The Morgan fingerprint density at radius 1 is 1.23 bits per heavy atom. The zero-order chi connectivity index (χ0) is 8.96. The van der Waals surface area contributed by atoms with Crippen LogP contribution in [0, 0.1) is 40.9 Å². The van der Waals surface area contributed by atoms with Gasteiger partial charge in [-0.3, -0.25) is 0 Å². The molecule has 4 aliphatic rings. The van der Waals surface area contributed by atoms with E-state index in [0.717, 1.165) is 35.5 Å². The highest BCUT2D eigenvalue weighted by molar-refractivity contribution is 5.28. The summed E-state index contributed by atoms with van der Waals surface area (Å²) in [4.78, 5) is 0. The quantitative estimate of drug-likeness (QED) is 0.600. The van der Waals surface area contributed by atoms with E-state index >= 15 is 0 Å². The molecule has 0 radical (unpaired) electrons. The fourth-order valence-electron chi connectivity index (χ4n) is 5.65. The summed E-state index contributed by atoms with van der Waals surface area (Å²) in [6.45, 7) is 4.97. The lowest BCUT2D eigenvalue weighted by Crippen LogP contribution is -2.54. The van der Waals surface area contributed by atoms with Crippen molar-refractivity contribution in [3.05, 3.63) is 0 Å². The van der Waals surface area contributed by atoms with Crippen molar-refractivity contribution in [2.75, 3.05) is 0 Å². The molecule has 4 fully saturated rings. The zero-order valence-corrected chi connectivity index (χ0v) is 8.53. The van der Waals surface area contributed by atoms with Crippen molar-refractivity contribution in [2.24, 2.45) is 46.7 Å². The maximum atomic E-state index is 6.17. The van der Waals surface area contributed by atoms with Crippen LogP contribution in [0.3, 0.4) is 0 Å². The molecule has 0 aliphatic heterocycles. The molecule has 0 bridgehead atoms. The van der Waals surface area contributed by atoms with Crippen molar-refractivity contribution in [1.29, 1.82) is 0 Å². The Labute approximate surface area is 80.1 Å². The molecule has 8 unspecified atom stereocenters. The van der Waals surface area contributed by atoms with Crippen LogP contribution in [0.1, 0.15) is 26.7 Å². The standard InChI is InChI=1S/C12H19N/c1-5-7-3-8-11(7)10(5)6(2)12(8)4-9(12)13/h5-11H,3-4,13H2,1-2H3. The molecule has 4 aliphatic carbocycles. The Hall–Kier alpha value is -0.0400. The van der Waals surface area contributed by atoms with Crippen molar-refractivity contribution in [2.45, 2.75) is 32.7 Å². The van der Waals surface area contributed by atoms with Crippen LogP contribution in [-0.2, 0) is 0 Å². The fourth-order valence-corrected chi connectivity index (χ4v) is 5.65. The third kappa shape index (κ3) is 0.495. The summed E-state index contributed by atoms with van der Waals surface area (Å²) in [5, 5.41) is 0. The molecule has 0 heterocycles. The van der Waals surface area contributed by atoms with Gasteiger partial charge in [0.1, 0.15) is 0 Å². The predicted octanol–water partition coefficient (Wildman–Crippen LogP) is 1.87. The summed E-state index contributed by atoms with van der Waals surface area (Å²) in [6, 6.07) is 0.575. The van der Waals surface area contributed by atoms with Crippen molar-refractivity contribution in [1.82, 2.24) is 0 Å². The topological polar surface area (TPSA) is 26.0 Å². The second-order valence-electron chi connectivity index (χ2n) is 6.23. The first-order chi connectivity index (χ1) is 6.18. The Bertz CT molecular complexity index is 285. The summed E-state index contributed by atoms with van der Waals surface area (Å²) in [5.41, 5.74) is 6.82. The van der Waals surface area contributed by atoms with E-state index in [2.05, 4.69) is 13.8 Å². The number of rotatable bonds is 0. The first-order valence-electron chi connectivity index (χ1n) is 5.93. The third-order valence-corrected chi connectivity index (χ3v) is 6.43. The highest BCUT2D eigenvalue weighted by Gasteiger charge is 2.78. The zero-order valence-electron chi connectivity index (χ0n) is 8.53. The molecule has 13 heavy (non-hydrogen) atoms. The molecule has 8 atom stereocenters. The maximum Gasteiger partial charge on any atom is 0.0108 e. The molecule has 4 rings (SSSR count). The molecule has 72 valence electrons. The number of fused-ring (bicyclic) bond motifs is 1. The molecule has 1 heteroatoms. The average molecular weight is 177 g/mol.